The molecule has 5 heterocycles. The van der Waals surface area contributed by atoms with E-state index in [0.29, 0.717) is 28.0 Å². The van der Waals surface area contributed by atoms with Crippen LogP contribution in [0.25, 0.3) is 16.9 Å². The molecule has 1 aliphatic rings. The van der Waals surface area contributed by atoms with Gasteiger partial charge >= 0.3 is 0 Å². The van der Waals surface area contributed by atoms with Gasteiger partial charge in [-0.3, -0.25) is 9.36 Å². The first-order chi connectivity index (χ1) is 16.5. The predicted molar refractivity (Wildman–Crippen MR) is 130 cm³/mol. The number of anilines is 2. The average molecular weight is 476 g/mol. The summed E-state index contributed by atoms with van der Waals surface area (Å²) in [5.41, 5.74) is 7.54. The first-order valence-corrected chi connectivity index (χ1v) is 11.5. The zero-order chi connectivity index (χ0) is 23.4. The third-order valence-electron chi connectivity index (χ3n) is 6.47. The number of hydrogen-bond donors (Lipinski definition) is 1. The molecule has 0 aliphatic carbocycles. The monoisotopic (exact) mass is 475 g/mol. The van der Waals surface area contributed by atoms with E-state index in [1.165, 1.54) is 0 Å². The molecule has 1 aromatic carbocycles. The topological polar surface area (TPSA) is 112 Å². The number of benzene rings is 1. The summed E-state index contributed by atoms with van der Waals surface area (Å²) in [7, 11) is 0. The quantitative estimate of drug-likeness (QED) is 0.425. The normalized spacial score (nSPS) is 17.1. The van der Waals surface area contributed by atoms with Gasteiger partial charge in [-0.1, -0.05) is 36.7 Å². The second-order valence-corrected chi connectivity index (χ2v) is 8.87. The molecule has 0 amide bonds. The molecule has 0 bridgehead atoms. The van der Waals surface area contributed by atoms with E-state index in [1.54, 1.807) is 38.1 Å². The van der Waals surface area contributed by atoms with Crippen molar-refractivity contribution < 1.29 is 0 Å². The van der Waals surface area contributed by atoms with Crippen molar-refractivity contribution in [1.82, 2.24) is 33.8 Å². The Bertz CT molecular complexity index is 1570. The maximum atomic E-state index is 13.6. The standard InChI is InChI=1S/C23H22ClN9O/c1-14(17-8-5-12-30(17)23-28-22(25)27-18-9-11-26-33(18)23)20-29-31-13-10-16(24)19(31)21(34)32(20)15-6-3-2-4-7-15/h2-4,6-7,9-11,13-14,17H,5,8,12H2,1H3,(H2,25,27)/t14?,17-/m0/s1. The van der Waals surface area contributed by atoms with Crippen LogP contribution in [0.3, 0.4) is 0 Å². The third kappa shape index (κ3) is 3.13. The van der Waals surface area contributed by atoms with Crippen LogP contribution < -0.4 is 16.2 Å². The highest BCUT2D eigenvalue weighted by Crippen LogP contribution is 2.34. The van der Waals surface area contributed by atoms with Gasteiger partial charge in [0.15, 0.2) is 5.65 Å². The number of hydrogen-bond acceptors (Lipinski definition) is 7. The van der Waals surface area contributed by atoms with Crippen LogP contribution in [-0.2, 0) is 0 Å². The number of nitrogens with two attached hydrogens (primary N) is 1. The average Bonchev–Trinajstić information content (AvgIpc) is 3.58. The number of nitrogens with zero attached hydrogens (tertiary/aromatic N) is 8. The van der Waals surface area contributed by atoms with Gasteiger partial charge in [0.2, 0.25) is 11.9 Å². The summed E-state index contributed by atoms with van der Waals surface area (Å²) in [5.74, 6) is 1.36. The maximum Gasteiger partial charge on any atom is 0.284 e. The zero-order valence-corrected chi connectivity index (χ0v) is 19.2. The summed E-state index contributed by atoms with van der Waals surface area (Å²) in [6.45, 7) is 2.87. The summed E-state index contributed by atoms with van der Waals surface area (Å²) < 4.78 is 4.94. The minimum absolute atomic E-state index is 0.0204. The van der Waals surface area contributed by atoms with Crippen molar-refractivity contribution >= 4 is 34.7 Å². The van der Waals surface area contributed by atoms with E-state index in [4.69, 9.17) is 22.4 Å². The molecule has 172 valence electrons. The number of aromatic nitrogens is 7. The third-order valence-corrected chi connectivity index (χ3v) is 6.78. The molecule has 4 aromatic heterocycles. The van der Waals surface area contributed by atoms with Crippen LogP contribution in [0.1, 0.15) is 31.5 Å². The minimum atomic E-state index is -0.205. The molecule has 2 N–H and O–H groups in total. The maximum absolute atomic E-state index is 13.6. The number of halogens is 1. The fraction of sp³-hybridized carbons (Fsp3) is 0.261. The Morgan fingerprint density at radius 2 is 1.97 bits per heavy atom. The van der Waals surface area contributed by atoms with Crippen LogP contribution >= 0.6 is 11.6 Å². The van der Waals surface area contributed by atoms with Gasteiger partial charge < -0.3 is 10.6 Å². The molecule has 2 atom stereocenters. The van der Waals surface area contributed by atoms with E-state index in [9.17, 15) is 4.79 Å². The summed E-state index contributed by atoms with van der Waals surface area (Å²) in [5, 5.41) is 9.64. The Kier molecular flexibility index (Phi) is 4.77. The van der Waals surface area contributed by atoms with Gasteiger partial charge in [-0.05, 0) is 31.0 Å². The fourth-order valence-corrected chi connectivity index (χ4v) is 5.14. The number of fused-ring (bicyclic) bond motifs is 2. The van der Waals surface area contributed by atoms with Crippen LogP contribution in [-0.4, -0.2) is 46.3 Å². The van der Waals surface area contributed by atoms with Gasteiger partial charge in [0.1, 0.15) is 11.3 Å². The zero-order valence-electron chi connectivity index (χ0n) is 18.4. The van der Waals surface area contributed by atoms with Gasteiger partial charge in [0.05, 0.1) is 16.9 Å². The molecule has 1 aliphatic heterocycles. The van der Waals surface area contributed by atoms with Crippen molar-refractivity contribution in [2.45, 2.75) is 31.7 Å². The molecule has 0 spiro atoms. The van der Waals surface area contributed by atoms with E-state index in [-0.39, 0.29) is 23.5 Å². The smallest absolute Gasteiger partial charge is 0.284 e. The van der Waals surface area contributed by atoms with Crippen LogP contribution in [0.15, 0.2) is 59.7 Å². The van der Waals surface area contributed by atoms with Crippen molar-refractivity contribution in [1.29, 1.82) is 0 Å². The molecule has 10 nitrogen and oxygen atoms in total. The summed E-state index contributed by atoms with van der Waals surface area (Å²) in [4.78, 5) is 24.6. The first kappa shape index (κ1) is 20.7. The second kappa shape index (κ2) is 7.84. The number of rotatable bonds is 4. The van der Waals surface area contributed by atoms with Crippen molar-refractivity contribution in [2.24, 2.45) is 0 Å². The van der Waals surface area contributed by atoms with Gasteiger partial charge in [-0.15, -0.1) is 0 Å². The van der Waals surface area contributed by atoms with Crippen molar-refractivity contribution in [2.75, 3.05) is 17.2 Å². The Morgan fingerprint density at radius 3 is 2.79 bits per heavy atom. The molecular formula is C23H22ClN9O. The minimum Gasteiger partial charge on any atom is -0.368 e. The molecule has 0 saturated carbocycles. The Labute approximate surface area is 199 Å². The van der Waals surface area contributed by atoms with Crippen LogP contribution in [0.4, 0.5) is 11.9 Å². The lowest BCUT2D eigenvalue weighted by molar-refractivity contribution is 0.507. The van der Waals surface area contributed by atoms with E-state index >= 15 is 0 Å². The van der Waals surface area contributed by atoms with Crippen LogP contribution in [0.5, 0.6) is 0 Å². The van der Waals surface area contributed by atoms with Crippen molar-refractivity contribution in [3.8, 4) is 5.69 Å². The molecule has 6 rings (SSSR count). The van der Waals surface area contributed by atoms with E-state index in [1.807, 2.05) is 30.3 Å². The van der Waals surface area contributed by atoms with Gasteiger partial charge in [0, 0.05) is 30.8 Å². The molecule has 1 saturated heterocycles. The second-order valence-electron chi connectivity index (χ2n) is 8.47. The summed E-state index contributed by atoms with van der Waals surface area (Å²) >= 11 is 6.34. The predicted octanol–water partition coefficient (Wildman–Crippen LogP) is 2.93. The fourth-order valence-electron chi connectivity index (χ4n) is 4.91. The van der Waals surface area contributed by atoms with E-state index in [2.05, 4.69) is 26.9 Å². The SMILES string of the molecule is CC(c1nn2ccc(Cl)c2c(=O)n1-c1ccccc1)[C@@H]1CCCN1c1nc(N)nc2ccnn12. The van der Waals surface area contributed by atoms with Crippen LogP contribution in [0, 0.1) is 0 Å². The van der Waals surface area contributed by atoms with E-state index < -0.39 is 0 Å². The summed E-state index contributed by atoms with van der Waals surface area (Å²) in [6.07, 6.45) is 5.27. The summed E-state index contributed by atoms with van der Waals surface area (Å²) in [6, 6.07) is 13.0. The molecular weight excluding hydrogens is 454 g/mol. The Hall–Kier alpha value is -3.92. The number of para-hydroxylation sites is 1. The highest BCUT2D eigenvalue weighted by molar-refractivity contribution is 6.33. The molecule has 11 heteroatoms. The molecule has 5 aromatic rings. The molecule has 1 fully saturated rings. The van der Waals surface area contributed by atoms with Crippen LogP contribution in [0.2, 0.25) is 5.02 Å². The lowest BCUT2D eigenvalue weighted by Crippen LogP contribution is -2.39. The van der Waals surface area contributed by atoms with Gasteiger partial charge in [-0.25, -0.2) is 4.52 Å². The Morgan fingerprint density at radius 1 is 1.15 bits per heavy atom. The Balaban J connectivity index is 1.52. The van der Waals surface area contributed by atoms with Gasteiger partial charge in [0.25, 0.3) is 5.56 Å². The largest absolute Gasteiger partial charge is 0.368 e. The van der Waals surface area contributed by atoms with Gasteiger partial charge in [-0.2, -0.15) is 24.7 Å². The molecule has 34 heavy (non-hydrogen) atoms. The van der Waals surface area contributed by atoms with E-state index in [0.717, 1.165) is 25.1 Å². The van der Waals surface area contributed by atoms with Crippen molar-refractivity contribution in [3.05, 3.63) is 76.1 Å². The molecule has 0 radical (unpaired) electrons. The molecule has 1 unspecified atom stereocenters. The number of nitrogen functional groups attached to an aromatic ring is 1. The first-order valence-electron chi connectivity index (χ1n) is 11.1. The van der Waals surface area contributed by atoms with Crippen molar-refractivity contribution in [3.63, 3.8) is 0 Å². The lowest BCUT2D eigenvalue weighted by atomic mass is 9.98. The lowest BCUT2D eigenvalue weighted by Gasteiger charge is -2.31. The highest BCUT2D eigenvalue weighted by Gasteiger charge is 2.36. The highest BCUT2D eigenvalue weighted by atomic mass is 35.5.